The average Bonchev–Trinajstić information content (AvgIpc) is 2.89. The smallest absolute Gasteiger partial charge is 0.285 e. The number of nitro groups is 1. The number of halogens is 1. The maximum atomic E-state index is 13.1. The summed E-state index contributed by atoms with van der Waals surface area (Å²) in [6.45, 7) is 1.94. The van der Waals surface area contributed by atoms with E-state index in [1.165, 1.54) is 6.07 Å². The molecule has 0 amide bonds. The molecule has 1 heterocycles. The van der Waals surface area contributed by atoms with E-state index in [9.17, 15) is 14.5 Å². The van der Waals surface area contributed by atoms with Crippen LogP contribution in [0.5, 0.6) is 0 Å². The van der Waals surface area contributed by atoms with Gasteiger partial charge in [0.05, 0.1) is 17.0 Å². The fourth-order valence-electron chi connectivity index (χ4n) is 1.82. The van der Waals surface area contributed by atoms with Crippen LogP contribution in [0, 0.1) is 15.9 Å². The van der Waals surface area contributed by atoms with Gasteiger partial charge in [-0.3, -0.25) is 10.1 Å². The molecule has 0 fully saturated rings. The number of nitrogens with one attached hydrogen (secondary N) is 1. The minimum Gasteiger partial charge on any atom is -0.419 e. The molecule has 0 spiro atoms. The van der Waals surface area contributed by atoms with Gasteiger partial charge >= 0.3 is 0 Å². The molecule has 106 valence electrons. The summed E-state index contributed by atoms with van der Waals surface area (Å²) in [5.74, 6) is -0.356. The van der Waals surface area contributed by atoms with Gasteiger partial charge in [0.1, 0.15) is 11.4 Å². The van der Waals surface area contributed by atoms with Crippen LogP contribution in [0.3, 0.4) is 0 Å². The minimum absolute atomic E-state index is 0.000370. The predicted octanol–water partition coefficient (Wildman–Crippen LogP) is 2.45. The summed E-state index contributed by atoms with van der Waals surface area (Å²) in [6.07, 6.45) is 0.726. The molecule has 0 saturated heterocycles. The van der Waals surface area contributed by atoms with Gasteiger partial charge < -0.3 is 9.73 Å². The van der Waals surface area contributed by atoms with Gasteiger partial charge in [0.25, 0.3) is 11.6 Å². The molecule has 0 radical (unpaired) electrons. The second-order valence-corrected chi connectivity index (χ2v) is 4.11. The molecule has 2 aromatic rings. The first-order chi connectivity index (χ1) is 9.56. The Bertz CT molecular complexity index is 625. The zero-order chi connectivity index (χ0) is 14.7. The van der Waals surface area contributed by atoms with Gasteiger partial charge in [-0.05, 0) is 25.6 Å². The number of rotatable bonds is 5. The molecule has 0 aliphatic heterocycles. The van der Waals surface area contributed by atoms with Crippen molar-refractivity contribution in [3.05, 3.63) is 40.0 Å². The van der Waals surface area contributed by atoms with E-state index in [4.69, 9.17) is 4.42 Å². The monoisotopic (exact) mass is 280 g/mol. The summed E-state index contributed by atoms with van der Waals surface area (Å²) in [5, 5.41) is 21.6. The molecule has 1 aromatic carbocycles. The van der Waals surface area contributed by atoms with E-state index < -0.39 is 16.4 Å². The number of hydrogen-bond acceptors (Lipinski definition) is 6. The second kappa shape index (κ2) is 5.74. The molecule has 7 nitrogen and oxygen atoms in total. The molecule has 2 rings (SSSR count). The molecule has 8 heteroatoms. The largest absolute Gasteiger partial charge is 0.419 e. The highest BCUT2D eigenvalue weighted by Gasteiger charge is 2.23. The molecule has 1 atom stereocenters. The van der Waals surface area contributed by atoms with Crippen molar-refractivity contribution in [3.63, 3.8) is 0 Å². The van der Waals surface area contributed by atoms with Crippen molar-refractivity contribution in [2.24, 2.45) is 0 Å². The Balaban J connectivity index is 2.44. The molecular weight excluding hydrogens is 267 g/mol. The topological polar surface area (TPSA) is 94.1 Å². The molecule has 0 aliphatic rings. The van der Waals surface area contributed by atoms with Gasteiger partial charge in [-0.2, -0.15) is 0 Å². The molecule has 0 aliphatic carbocycles. The Labute approximate surface area is 114 Å². The van der Waals surface area contributed by atoms with Gasteiger partial charge in [0.15, 0.2) is 0 Å². The second-order valence-electron chi connectivity index (χ2n) is 4.11. The van der Waals surface area contributed by atoms with E-state index >= 15 is 0 Å². The average molecular weight is 280 g/mol. The Hall–Kier alpha value is -2.35. The third-order valence-electron chi connectivity index (χ3n) is 2.88. The standard InChI is InChI=1S/C12H13FN4O3/c1-3-9(14-2)12-16-15-11(20-12)8-5-4-7(13)6-10(8)17(18)19/h4-6,9,14H,3H2,1-2H3. The number of hydrogen-bond donors (Lipinski definition) is 1. The lowest BCUT2D eigenvalue weighted by Gasteiger charge is -2.07. The first kappa shape index (κ1) is 14.1. The fraction of sp³-hybridized carbons (Fsp3) is 0.333. The first-order valence-corrected chi connectivity index (χ1v) is 6.01. The van der Waals surface area contributed by atoms with Crippen LogP contribution < -0.4 is 5.32 Å². The van der Waals surface area contributed by atoms with Crippen LogP contribution in [0.25, 0.3) is 11.5 Å². The van der Waals surface area contributed by atoms with Crippen molar-refractivity contribution in [1.82, 2.24) is 15.5 Å². The fourth-order valence-corrected chi connectivity index (χ4v) is 1.82. The Morgan fingerprint density at radius 2 is 2.25 bits per heavy atom. The quantitative estimate of drug-likeness (QED) is 0.667. The zero-order valence-electron chi connectivity index (χ0n) is 11.0. The van der Waals surface area contributed by atoms with Gasteiger partial charge in [-0.25, -0.2) is 4.39 Å². The predicted molar refractivity (Wildman–Crippen MR) is 68.4 cm³/mol. The van der Waals surface area contributed by atoms with Crippen LogP contribution in [0.15, 0.2) is 22.6 Å². The summed E-state index contributed by atoms with van der Waals surface area (Å²) in [6, 6.07) is 3.07. The molecule has 0 bridgehead atoms. The van der Waals surface area contributed by atoms with E-state index in [0.29, 0.717) is 5.89 Å². The molecule has 1 aromatic heterocycles. The van der Waals surface area contributed by atoms with Crippen molar-refractivity contribution >= 4 is 5.69 Å². The van der Waals surface area contributed by atoms with E-state index in [0.717, 1.165) is 18.6 Å². The number of nitro benzene ring substituents is 1. The number of benzene rings is 1. The van der Waals surface area contributed by atoms with Crippen molar-refractivity contribution in [2.45, 2.75) is 19.4 Å². The van der Waals surface area contributed by atoms with Gasteiger partial charge in [-0.15, -0.1) is 10.2 Å². The van der Waals surface area contributed by atoms with Crippen LogP contribution >= 0.6 is 0 Å². The summed E-state index contributed by atoms with van der Waals surface area (Å²) in [7, 11) is 1.75. The summed E-state index contributed by atoms with van der Waals surface area (Å²) < 4.78 is 18.5. The van der Waals surface area contributed by atoms with Crippen molar-refractivity contribution in [2.75, 3.05) is 7.05 Å². The molecule has 20 heavy (non-hydrogen) atoms. The highest BCUT2D eigenvalue weighted by Crippen LogP contribution is 2.30. The molecule has 0 saturated carbocycles. The summed E-state index contributed by atoms with van der Waals surface area (Å²) in [4.78, 5) is 10.3. The van der Waals surface area contributed by atoms with E-state index in [1.807, 2.05) is 6.92 Å². The zero-order valence-corrected chi connectivity index (χ0v) is 11.0. The normalized spacial score (nSPS) is 12.3. The van der Waals surface area contributed by atoms with Crippen LogP contribution in [-0.4, -0.2) is 22.2 Å². The lowest BCUT2D eigenvalue weighted by Crippen LogP contribution is -2.15. The third-order valence-corrected chi connectivity index (χ3v) is 2.88. The summed E-state index contributed by atoms with van der Waals surface area (Å²) in [5.41, 5.74) is -0.307. The SMILES string of the molecule is CCC(NC)c1nnc(-c2ccc(F)cc2[N+](=O)[O-])o1. The first-order valence-electron chi connectivity index (χ1n) is 6.01. The van der Waals surface area contributed by atoms with Crippen molar-refractivity contribution in [1.29, 1.82) is 0 Å². The Morgan fingerprint density at radius 3 is 2.85 bits per heavy atom. The maximum Gasteiger partial charge on any atom is 0.285 e. The van der Waals surface area contributed by atoms with Crippen LogP contribution in [0.1, 0.15) is 25.3 Å². The minimum atomic E-state index is -0.693. The Morgan fingerprint density at radius 1 is 1.50 bits per heavy atom. The summed E-state index contributed by atoms with van der Waals surface area (Å²) >= 11 is 0. The highest BCUT2D eigenvalue weighted by molar-refractivity contribution is 5.66. The van der Waals surface area contributed by atoms with E-state index in [1.54, 1.807) is 7.05 Å². The van der Waals surface area contributed by atoms with Gasteiger partial charge in [0, 0.05) is 0 Å². The number of nitrogens with zero attached hydrogens (tertiary/aromatic N) is 3. The molecular formula is C12H13FN4O3. The van der Waals surface area contributed by atoms with E-state index in [-0.39, 0.29) is 17.5 Å². The molecule has 1 N–H and O–H groups in total. The highest BCUT2D eigenvalue weighted by atomic mass is 19.1. The van der Waals surface area contributed by atoms with Gasteiger partial charge in [0.2, 0.25) is 5.89 Å². The lowest BCUT2D eigenvalue weighted by molar-refractivity contribution is -0.384. The Kier molecular flexibility index (Phi) is 4.04. The maximum absolute atomic E-state index is 13.1. The van der Waals surface area contributed by atoms with Crippen LogP contribution in [-0.2, 0) is 0 Å². The molecule has 1 unspecified atom stereocenters. The van der Waals surface area contributed by atoms with Crippen molar-refractivity contribution in [3.8, 4) is 11.5 Å². The number of aromatic nitrogens is 2. The lowest BCUT2D eigenvalue weighted by atomic mass is 10.2. The van der Waals surface area contributed by atoms with Crippen molar-refractivity contribution < 1.29 is 13.7 Å². The van der Waals surface area contributed by atoms with E-state index in [2.05, 4.69) is 15.5 Å². The third kappa shape index (κ3) is 2.64. The van der Waals surface area contributed by atoms with Crippen LogP contribution in [0.4, 0.5) is 10.1 Å². The van der Waals surface area contributed by atoms with Gasteiger partial charge in [-0.1, -0.05) is 6.92 Å². The van der Waals surface area contributed by atoms with Crippen LogP contribution in [0.2, 0.25) is 0 Å².